The third-order valence-electron chi connectivity index (χ3n) is 2.24. The fraction of sp³-hybridized carbons (Fsp3) is 0.0714. The van der Waals surface area contributed by atoms with E-state index < -0.39 is 0 Å². The zero-order chi connectivity index (χ0) is 12.1. The van der Waals surface area contributed by atoms with Crippen molar-refractivity contribution in [3.05, 3.63) is 58.2 Å². The maximum absolute atomic E-state index is 4.55. The minimum absolute atomic E-state index is 0.889. The Morgan fingerprint density at radius 1 is 1.00 bits per heavy atom. The highest BCUT2D eigenvalue weighted by molar-refractivity contribution is 14.1. The molecule has 0 aliphatic rings. The van der Waals surface area contributed by atoms with Crippen molar-refractivity contribution in [1.29, 1.82) is 0 Å². The van der Waals surface area contributed by atoms with Gasteiger partial charge >= 0.3 is 0 Å². The van der Waals surface area contributed by atoms with Crippen molar-refractivity contribution in [1.82, 2.24) is 0 Å². The molecule has 0 saturated carbocycles. The molecule has 0 fully saturated rings. The number of halogens is 1. The van der Waals surface area contributed by atoms with Crippen molar-refractivity contribution in [2.45, 2.75) is 6.92 Å². The molecule has 0 spiro atoms. The summed E-state index contributed by atoms with van der Waals surface area (Å²) in [6.45, 7) is 1.97. The average molecular weight is 336 g/mol. The molecule has 0 heterocycles. The molecule has 2 rings (SSSR count). The van der Waals surface area contributed by atoms with Crippen LogP contribution in [0.15, 0.2) is 59.6 Å². The van der Waals surface area contributed by atoms with E-state index >= 15 is 0 Å². The minimum atomic E-state index is 0.889. The molecule has 3 heteroatoms. The lowest BCUT2D eigenvalue weighted by Gasteiger charge is -2.06. The highest BCUT2D eigenvalue weighted by Crippen LogP contribution is 2.20. The van der Waals surface area contributed by atoms with Crippen molar-refractivity contribution in [3.8, 4) is 0 Å². The largest absolute Gasteiger partial charge is 0.344 e. The second-order valence-electron chi connectivity index (χ2n) is 3.64. The molecule has 0 radical (unpaired) electrons. The van der Waals surface area contributed by atoms with Gasteiger partial charge in [0.1, 0.15) is 5.84 Å². The first-order chi connectivity index (χ1) is 8.25. The molecule has 0 bridgehead atoms. The van der Waals surface area contributed by atoms with E-state index in [9.17, 15) is 0 Å². The molecule has 0 aliphatic heterocycles. The lowest BCUT2D eigenvalue weighted by atomic mass is 10.3. The number of hydrogen-bond donors (Lipinski definition) is 1. The van der Waals surface area contributed by atoms with E-state index in [1.165, 1.54) is 0 Å². The van der Waals surface area contributed by atoms with Gasteiger partial charge in [-0.1, -0.05) is 30.3 Å². The van der Waals surface area contributed by atoms with Crippen LogP contribution in [0.2, 0.25) is 0 Å². The van der Waals surface area contributed by atoms with Crippen molar-refractivity contribution in [2.24, 2.45) is 4.99 Å². The third kappa shape index (κ3) is 3.56. The van der Waals surface area contributed by atoms with Gasteiger partial charge in [0.25, 0.3) is 0 Å². The van der Waals surface area contributed by atoms with E-state index in [1.54, 1.807) is 0 Å². The van der Waals surface area contributed by atoms with Gasteiger partial charge in [0, 0.05) is 9.26 Å². The Balaban J connectivity index is 2.16. The summed E-state index contributed by atoms with van der Waals surface area (Å²) >= 11 is 2.29. The summed E-state index contributed by atoms with van der Waals surface area (Å²) in [5, 5.41) is 3.26. The first kappa shape index (κ1) is 12.1. The molecular formula is C14H13IN2. The number of hydrogen-bond acceptors (Lipinski definition) is 1. The third-order valence-corrected chi connectivity index (χ3v) is 3.15. The fourth-order valence-electron chi connectivity index (χ4n) is 1.48. The van der Waals surface area contributed by atoms with Gasteiger partial charge < -0.3 is 5.32 Å². The molecule has 0 aliphatic carbocycles. The van der Waals surface area contributed by atoms with Gasteiger partial charge in [0.15, 0.2) is 0 Å². The minimum Gasteiger partial charge on any atom is -0.344 e. The summed E-state index contributed by atoms with van der Waals surface area (Å²) in [6, 6.07) is 18.1. The number of nitrogens with zero attached hydrogens (tertiary/aromatic N) is 1. The predicted octanol–water partition coefficient (Wildman–Crippen LogP) is 4.45. The summed E-state index contributed by atoms with van der Waals surface area (Å²) in [4.78, 5) is 4.55. The molecule has 2 aromatic rings. The number of anilines is 1. The summed E-state index contributed by atoms with van der Waals surface area (Å²) < 4.78 is 1.15. The van der Waals surface area contributed by atoms with Crippen LogP contribution in [0.4, 0.5) is 11.4 Å². The maximum atomic E-state index is 4.55. The molecule has 2 aromatic carbocycles. The van der Waals surface area contributed by atoms with Crippen LogP contribution in [0.25, 0.3) is 0 Å². The van der Waals surface area contributed by atoms with Crippen LogP contribution >= 0.6 is 22.6 Å². The second-order valence-corrected chi connectivity index (χ2v) is 4.80. The lowest BCUT2D eigenvalue weighted by molar-refractivity contribution is 1.44. The molecule has 1 N–H and O–H groups in total. The summed E-state index contributed by atoms with van der Waals surface area (Å²) in [7, 11) is 0. The number of amidine groups is 1. The van der Waals surface area contributed by atoms with Gasteiger partial charge in [0.05, 0.1) is 5.69 Å². The Hall–Kier alpha value is -1.36. The van der Waals surface area contributed by atoms with Crippen LogP contribution in [0.1, 0.15) is 6.92 Å². The smallest absolute Gasteiger partial charge is 0.103 e. The Morgan fingerprint density at radius 2 is 1.65 bits per heavy atom. The molecular weight excluding hydrogens is 323 g/mol. The zero-order valence-corrected chi connectivity index (χ0v) is 11.7. The van der Waals surface area contributed by atoms with E-state index in [0.29, 0.717) is 0 Å². The second kappa shape index (κ2) is 5.82. The Labute approximate surface area is 115 Å². The zero-order valence-electron chi connectivity index (χ0n) is 9.52. The van der Waals surface area contributed by atoms with Crippen LogP contribution in [0.5, 0.6) is 0 Å². The topological polar surface area (TPSA) is 24.4 Å². The fourth-order valence-corrected chi connectivity index (χ4v) is 1.99. The van der Waals surface area contributed by atoms with Crippen LogP contribution in [-0.2, 0) is 0 Å². The SMILES string of the molecule is CC(=Nc1ccccc1I)Nc1ccccc1. The Kier molecular flexibility index (Phi) is 4.14. The van der Waals surface area contributed by atoms with Crippen molar-refractivity contribution >= 4 is 39.8 Å². The van der Waals surface area contributed by atoms with Crippen LogP contribution in [0, 0.1) is 3.57 Å². The van der Waals surface area contributed by atoms with Crippen molar-refractivity contribution in [2.75, 3.05) is 5.32 Å². The predicted molar refractivity (Wildman–Crippen MR) is 82.0 cm³/mol. The first-order valence-corrected chi connectivity index (χ1v) is 6.45. The molecule has 0 unspecified atom stereocenters. The summed E-state index contributed by atoms with van der Waals surface area (Å²) in [6.07, 6.45) is 0. The van der Waals surface area contributed by atoms with E-state index in [1.807, 2.05) is 55.5 Å². The number of nitrogens with one attached hydrogen (secondary N) is 1. The van der Waals surface area contributed by atoms with Crippen LogP contribution < -0.4 is 5.32 Å². The van der Waals surface area contributed by atoms with E-state index in [2.05, 4.69) is 39.0 Å². The van der Waals surface area contributed by atoms with Crippen LogP contribution in [-0.4, -0.2) is 5.84 Å². The number of benzene rings is 2. The van der Waals surface area contributed by atoms with Gasteiger partial charge in [0.2, 0.25) is 0 Å². The monoisotopic (exact) mass is 336 g/mol. The number of rotatable bonds is 2. The first-order valence-electron chi connectivity index (χ1n) is 5.37. The van der Waals surface area contributed by atoms with E-state index in [0.717, 1.165) is 20.8 Å². The van der Waals surface area contributed by atoms with Gasteiger partial charge in [-0.2, -0.15) is 0 Å². The highest BCUT2D eigenvalue weighted by atomic mass is 127. The maximum Gasteiger partial charge on any atom is 0.103 e. The van der Waals surface area contributed by atoms with E-state index in [4.69, 9.17) is 0 Å². The normalized spacial score (nSPS) is 11.3. The Bertz CT molecular complexity index is 521. The molecule has 2 nitrogen and oxygen atoms in total. The van der Waals surface area contributed by atoms with Crippen LogP contribution in [0.3, 0.4) is 0 Å². The molecule has 17 heavy (non-hydrogen) atoms. The number of aliphatic imine (C=N–C) groups is 1. The van der Waals surface area contributed by atoms with Gasteiger partial charge in [-0.25, -0.2) is 4.99 Å². The van der Waals surface area contributed by atoms with Crippen molar-refractivity contribution in [3.63, 3.8) is 0 Å². The summed E-state index contributed by atoms with van der Waals surface area (Å²) in [5.74, 6) is 0.889. The molecule has 0 aromatic heterocycles. The number of para-hydroxylation sites is 2. The van der Waals surface area contributed by atoms with E-state index in [-0.39, 0.29) is 0 Å². The quantitative estimate of drug-likeness (QED) is 0.489. The molecule has 86 valence electrons. The Morgan fingerprint density at radius 3 is 2.35 bits per heavy atom. The summed E-state index contributed by atoms with van der Waals surface area (Å²) in [5.41, 5.74) is 2.05. The van der Waals surface area contributed by atoms with Gasteiger partial charge in [-0.15, -0.1) is 0 Å². The molecule has 0 saturated heterocycles. The van der Waals surface area contributed by atoms with Crippen molar-refractivity contribution < 1.29 is 0 Å². The highest BCUT2D eigenvalue weighted by Gasteiger charge is 1.97. The van der Waals surface area contributed by atoms with Gasteiger partial charge in [-0.05, 0) is 53.8 Å². The lowest BCUT2D eigenvalue weighted by Crippen LogP contribution is -2.06. The standard InChI is InChI=1S/C14H13IN2/c1-11(16-12-7-3-2-4-8-12)17-14-10-6-5-9-13(14)15/h2-10H,1H3,(H,16,17). The molecule has 0 amide bonds. The molecule has 0 atom stereocenters. The average Bonchev–Trinajstić information content (AvgIpc) is 2.33. The van der Waals surface area contributed by atoms with Gasteiger partial charge in [-0.3, -0.25) is 0 Å².